The van der Waals surface area contributed by atoms with Crippen LogP contribution in [0.3, 0.4) is 0 Å². The Balaban J connectivity index is 2.08. The highest BCUT2D eigenvalue weighted by Gasteiger charge is 2.30. The molecule has 0 aliphatic carbocycles. The number of nitrogens with two attached hydrogens (primary N) is 1. The van der Waals surface area contributed by atoms with Crippen LogP contribution in [0.4, 0.5) is 5.69 Å². The van der Waals surface area contributed by atoms with E-state index in [0.29, 0.717) is 22.3 Å². The molecule has 0 bridgehead atoms. The number of carbonyl (C=O) groups excluding carboxylic acids is 1. The molecule has 5 heteroatoms. The zero-order valence-electron chi connectivity index (χ0n) is 12.1. The van der Waals surface area contributed by atoms with Crippen molar-refractivity contribution in [1.82, 2.24) is 9.80 Å². The number of carbonyl (C=O) groups is 1. The van der Waals surface area contributed by atoms with Crippen molar-refractivity contribution in [2.75, 3.05) is 31.9 Å². The van der Waals surface area contributed by atoms with Crippen molar-refractivity contribution < 1.29 is 4.79 Å². The van der Waals surface area contributed by atoms with Crippen LogP contribution >= 0.6 is 11.6 Å². The Morgan fingerprint density at radius 3 is 2.75 bits per heavy atom. The maximum absolute atomic E-state index is 12.5. The zero-order chi connectivity index (χ0) is 14.7. The average molecular weight is 296 g/mol. The van der Waals surface area contributed by atoms with Gasteiger partial charge >= 0.3 is 0 Å². The van der Waals surface area contributed by atoms with E-state index in [1.807, 2.05) is 4.90 Å². The molecule has 1 amide bonds. The number of nitrogens with zero attached hydrogens (tertiary/aromatic N) is 2. The quantitative estimate of drug-likeness (QED) is 0.868. The third kappa shape index (κ3) is 3.07. The molecule has 1 heterocycles. The Morgan fingerprint density at radius 2 is 2.15 bits per heavy atom. The molecule has 1 fully saturated rings. The minimum absolute atomic E-state index is 0.00817. The first-order valence-electron chi connectivity index (χ1n) is 7.15. The van der Waals surface area contributed by atoms with Crippen LogP contribution in [0.15, 0.2) is 18.2 Å². The van der Waals surface area contributed by atoms with Gasteiger partial charge in [0.15, 0.2) is 0 Å². The molecule has 1 aromatic rings. The summed E-state index contributed by atoms with van der Waals surface area (Å²) in [5, 5.41) is 0.557. The Kier molecular flexibility index (Phi) is 4.89. The molecule has 1 atom stereocenters. The van der Waals surface area contributed by atoms with Gasteiger partial charge in [-0.1, -0.05) is 25.4 Å². The smallest absolute Gasteiger partial charge is 0.255 e. The fourth-order valence-corrected chi connectivity index (χ4v) is 3.04. The lowest BCUT2D eigenvalue weighted by atomic mass is 10.1. The predicted molar refractivity (Wildman–Crippen MR) is 83.1 cm³/mol. The topological polar surface area (TPSA) is 49.6 Å². The second kappa shape index (κ2) is 6.46. The summed E-state index contributed by atoms with van der Waals surface area (Å²) in [5.74, 6) is 0.00817. The van der Waals surface area contributed by atoms with Crippen molar-refractivity contribution in [3.05, 3.63) is 28.8 Å². The molecule has 4 nitrogen and oxygen atoms in total. The van der Waals surface area contributed by atoms with E-state index in [0.717, 1.165) is 32.6 Å². The fourth-order valence-electron chi connectivity index (χ4n) is 2.86. The number of hydrogen-bond acceptors (Lipinski definition) is 3. The third-order valence-electron chi connectivity index (χ3n) is 4.02. The lowest BCUT2D eigenvalue weighted by Crippen LogP contribution is -2.38. The summed E-state index contributed by atoms with van der Waals surface area (Å²) in [6, 6.07) is 5.52. The molecule has 1 unspecified atom stereocenters. The van der Waals surface area contributed by atoms with E-state index in [9.17, 15) is 4.79 Å². The lowest BCUT2D eigenvalue weighted by Gasteiger charge is -2.26. The van der Waals surface area contributed by atoms with Crippen LogP contribution in [-0.4, -0.2) is 47.9 Å². The molecular weight excluding hydrogens is 274 g/mol. The van der Waals surface area contributed by atoms with Gasteiger partial charge < -0.3 is 10.6 Å². The standard InChI is InChI=1S/C15H22ClN3O/c1-3-18(4-2)12-7-8-19(10-12)15(20)13-6-5-11(16)9-14(13)17/h5-6,9,12H,3-4,7-8,10,17H2,1-2H3. The minimum Gasteiger partial charge on any atom is -0.398 e. The summed E-state index contributed by atoms with van der Waals surface area (Å²) in [7, 11) is 0. The first kappa shape index (κ1) is 15.1. The van der Waals surface area contributed by atoms with Gasteiger partial charge in [0.25, 0.3) is 5.91 Å². The van der Waals surface area contributed by atoms with Crippen molar-refractivity contribution in [2.45, 2.75) is 26.3 Å². The van der Waals surface area contributed by atoms with E-state index >= 15 is 0 Å². The van der Waals surface area contributed by atoms with Gasteiger partial charge in [-0.05, 0) is 37.7 Å². The van der Waals surface area contributed by atoms with Crippen LogP contribution in [0.2, 0.25) is 5.02 Å². The number of benzene rings is 1. The Labute approximate surface area is 125 Å². The highest BCUT2D eigenvalue weighted by molar-refractivity contribution is 6.31. The molecule has 2 rings (SSSR count). The molecule has 1 aromatic carbocycles. The van der Waals surface area contributed by atoms with Gasteiger partial charge in [0, 0.05) is 29.8 Å². The number of nitrogen functional groups attached to an aromatic ring is 1. The average Bonchev–Trinajstić information content (AvgIpc) is 2.89. The molecule has 0 saturated carbocycles. The van der Waals surface area contributed by atoms with E-state index in [1.165, 1.54) is 0 Å². The zero-order valence-corrected chi connectivity index (χ0v) is 12.9. The summed E-state index contributed by atoms with van der Waals surface area (Å²) < 4.78 is 0. The number of halogens is 1. The molecule has 0 radical (unpaired) electrons. The van der Waals surface area contributed by atoms with E-state index in [2.05, 4.69) is 18.7 Å². The molecule has 1 aliphatic heterocycles. The summed E-state index contributed by atoms with van der Waals surface area (Å²) in [5.41, 5.74) is 6.90. The fraction of sp³-hybridized carbons (Fsp3) is 0.533. The van der Waals surface area contributed by atoms with Crippen LogP contribution < -0.4 is 5.73 Å². The number of hydrogen-bond donors (Lipinski definition) is 1. The summed E-state index contributed by atoms with van der Waals surface area (Å²) in [6.07, 6.45) is 1.03. The first-order valence-corrected chi connectivity index (χ1v) is 7.53. The normalized spacial score (nSPS) is 18.8. The van der Waals surface area contributed by atoms with Crippen LogP contribution in [-0.2, 0) is 0 Å². The molecule has 20 heavy (non-hydrogen) atoms. The monoisotopic (exact) mass is 295 g/mol. The molecule has 0 spiro atoms. The SMILES string of the molecule is CCN(CC)C1CCN(C(=O)c2ccc(Cl)cc2N)C1. The number of rotatable bonds is 4. The van der Waals surface area contributed by atoms with E-state index in [-0.39, 0.29) is 5.91 Å². The molecular formula is C15H22ClN3O. The summed E-state index contributed by atoms with van der Waals surface area (Å²) in [6.45, 7) is 7.93. The summed E-state index contributed by atoms with van der Waals surface area (Å²) >= 11 is 5.87. The van der Waals surface area contributed by atoms with E-state index in [1.54, 1.807) is 18.2 Å². The first-order chi connectivity index (χ1) is 9.56. The molecule has 0 aromatic heterocycles. The number of likely N-dealkylation sites (N-methyl/N-ethyl adjacent to an activating group) is 1. The maximum Gasteiger partial charge on any atom is 0.255 e. The molecule has 1 saturated heterocycles. The van der Waals surface area contributed by atoms with Crippen LogP contribution in [0.5, 0.6) is 0 Å². The number of likely N-dealkylation sites (tertiary alicyclic amines) is 1. The van der Waals surface area contributed by atoms with Gasteiger partial charge in [-0.3, -0.25) is 9.69 Å². The van der Waals surface area contributed by atoms with Gasteiger partial charge in [0.1, 0.15) is 0 Å². The molecule has 110 valence electrons. The van der Waals surface area contributed by atoms with E-state index in [4.69, 9.17) is 17.3 Å². The Bertz CT molecular complexity index is 488. The molecule has 1 aliphatic rings. The largest absolute Gasteiger partial charge is 0.398 e. The lowest BCUT2D eigenvalue weighted by molar-refractivity contribution is 0.0779. The van der Waals surface area contributed by atoms with Gasteiger partial charge in [-0.15, -0.1) is 0 Å². The number of amides is 1. The maximum atomic E-state index is 12.5. The van der Waals surface area contributed by atoms with Crippen LogP contribution in [0.25, 0.3) is 0 Å². The Hall–Kier alpha value is -1.26. The highest BCUT2D eigenvalue weighted by atomic mass is 35.5. The Morgan fingerprint density at radius 1 is 1.45 bits per heavy atom. The minimum atomic E-state index is 0.00817. The van der Waals surface area contributed by atoms with Crippen molar-refractivity contribution in [2.24, 2.45) is 0 Å². The van der Waals surface area contributed by atoms with Crippen LogP contribution in [0.1, 0.15) is 30.6 Å². The number of anilines is 1. The predicted octanol–water partition coefficient (Wildman–Crippen LogP) is 2.48. The van der Waals surface area contributed by atoms with Gasteiger partial charge in [-0.2, -0.15) is 0 Å². The van der Waals surface area contributed by atoms with Gasteiger partial charge in [0.05, 0.1) is 5.56 Å². The third-order valence-corrected chi connectivity index (χ3v) is 4.26. The highest BCUT2D eigenvalue weighted by Crippen LogP contribution is 2.23. The van der Waals surface area contributed by atoms with Crippen molar-refractivity contribution in [3.8, 4) is 0 Å². The second-order valence-electron chi connectivity index (χ2n) is 5.15. The van der Waals surface area contributed by atoms with Crippen molar-refractivity contribution >= 4 is 23.2 Å². The van der Waals surface area contributed by atoms with E-state index < -0.39 is 0 Å². The van der Waals surface area contributed by atoms with Crippen molar-refractivity contribution in [3.63, 3.8) is 0 Å². The van der Waals surface area contributed by atoms with Crippen molar-refractivity contribution in [1.29, 1.82) is 0 Å². The van der Waals surface area contributed by atoms with Gasteiger partial charge in [-0.25, -0.2) is 0 Å². The summed E-state index contributed by atoms with van der Waals surface area (Å²) in [4.78, 5) is 16.8. The van der Waals surface area contributed by atoms with Crippen LogP contribution in [0, 0.1) is 0 Å². The second-order valence-corrected chi connectivity index (χ2v) is 5.58. The van der Waals surface area contributed by atoms with Gasteiger partial charge in [0.2, 0.25) is 0 Å². The molecule has 2 N–H and O–H groups in total.